The monoisotopic (exact) mass is 426 g/mol. The van der Waals surface area contributed by atoms with E-state index in [-0.39, 0.29) is 22.9 Å². The third kappa shape index (κ3) is 5.16. The first-order valence-electron chi connectivity index (χ1n) is 12.1. The summed E-state index contributed by atoms with van der Waals surface area (Å²) in [6.45, 7) is 10.0. The van der Waals surface area contributed by atoms with Crippen LogP contribution in [0.25, 0.3) is 11.0 Å². The zero-order chi connectivity index (χ0) is 22.5. The van der Waals surface area contributed by atoms with Gasteiger partial charge in [0.05, 0.1) is 5.56 Å². The summed E-state index contributed by atoms with van der Waals surface area (Å²) in [5, 5.41) is 4.30. The van der Waals surface area contributed by atoms with Crippen molar-refractivity contribution in [2.24, 2.45) is 5.92 Å². The highest BCUT2D eigenvalue weighted by Crippen LogP contribution is 2.32. The van der Waals surface area contributed by atoms with E-state index in [2.05, 4.69) is 31.1 Å². The Morgan fingerprint density at radius 1 is 1.23 bits per heavy atom. The van der Waals surface area contributed by atoms with Crippen molar-refractivity contribution >= 4 is 22.8 Å². The summed E-state index contributed by atoms with van der Waals surface area (Å²) in [6, 6.07) is 0.416. The minimum atomic E-state index is -0.199. The smallest absolute Gasteiger partial charge is 0.263 e. The number of hydrogen-bond donors (Lipinski definition) is 1. The van der Waals surface area contributed by atoms with Gasteiger partial charge >= 0.3 is 0 Å². The second-order valence-corrected chi connectivity index (χ2v) is 9.29. The predicted octanol–water partition coefficient (Wildman–Crippen LogP) is 5.82. The molecular formula is C25H38N4O2. The molecule has 0 aromatic carbocycles. The molecule has 3 rings (SSSR count). The number of nitrogens with one attached hydrogen (secondary N) is 1. The predicted molar refractivity (Wildman–Crippen MR) is 127 cm³/mol. The third-order valence-electron chi connectivity index (χ3n) is 7.02. The Labute approximate surface area is 185 Å². The van der Waals surface area contributed by atoms with Crippen LogP contribution in [0.15, 0.2) is 11.0 Å². The van der Waals surface area contributed by atoms with Crippen LogP contribution in [0.4, 0.5) is 5.95 Å². The minimum Gasteiger partial charge on any atom is -0.351 e. The van der Waals surface area contributed by atoms with E-state index >= 15 is 0 Å². The van der Waals surface area contributed by atoms with Crippen molar-refractivity contribution in [1.82, 2.24) is 14.5 Å². The van der Waals surface area contributed by atoms with E-state index in [0.29, 0.717) is 23.2 Å². The molecule has 2 aromatic rings. The van der Waals surface area contributed by atoms with Crippen LogP contribution >= 0.6 is 0 Å². The standard InChI is InChI=1S/C25H38N4O2/c1-6-16(3)11-10-12-19(7-2)27-25-26-15-21-17(4)22(18(5)30)24(31)29(23(21)28-25)20-13-8-9-14-20/h15-16,19-20H,6-14H2,1-5H3,(H,26,27,28). The van der Waals surface area contributed by atoms with Crippen LogP contribution in [0.1, 0.15) is 107 Å². The van der Waals surface area contributed by atoms with E-state index in [4.69, 9.17) is 4.98 Å². The van der Waals surface area contributed by atoms with Crippen LogP contribution in [0.5, 0.6) is 0 Å². The minimum absolute atomic E-state index is 0.106. The molecule has 0 amide bonds. The number of fused-ring (bicyclic) bond motifs is 1. The van der Waals surface area contributed by atoms with Gasteiger partial charge in [-0.2, -0.15) is 4.98 Å². The number of ketones is 1. The van der Waals surface area contributed by atoms with E-state index in [1.807, 2.05) is 6.92 Å². The molecule has 6 nitrogen and oxygen atoms in total. The number of aryl methyl sites for hydroxylation is 1. The molecule has 1 N–H and O–H groups in total. The molecule has 2 heterocycles. The van der Waals surface area contributed by atoms with Gasteiger partial charge in [0, 0.05) is 23.7 Å². The van der Waals surface area contributed by atoms with Crippen molar-refractivity contribution < 1.29 is 4.79 Å². The van der Waals surface area contributed by atoms with E-state index in [0.717, 1.165) is 49.8 Å². The highest BCUT2D eigenvalue weighted by molar-refractivity contribution is 5.99. The van der Waals surface area contributed by atoms with Crippen LogP contribution in [0.3, 0.4) is 0 Å². The molecule has 31 heavy (non-hydrogen) atoms. The molecular weight excluding hydrogens is 388 g/mol. The lowest BCUT2D eigenvalue weighted by molar-refractivity contribution is 0.101. The van der Waals surface area contributed by atoms with Gasteiger partial charge in [-0.1, -0.05) is 52.9 Å². The van der Waals surface area contributed by atoms with Gasteiger partial charge in [0.1, 0.15) is 5.65 Å². The highest BCUT2D eigenvalue weighted by Gasteiger charge is 2.26. The Morgan fingerprint density at radius 2 is 1.94 bits per heavy atom. The molecule has 1 aliphatic carbocycles. The number of pyridine rings is 1. The molecule has 1 fully saturated rings. The first-order chi connectivity index (χ1) is 14.9. The van der Waals surface area contributed by atoms with Crippen molar-refractivity contribution in [1.29, 1.82) is 0 Å². The van der Waals surface area contributed by atoms with Crippen LogP contribution in [0, 0.1) is 12.8 Å². The van der Waals surface area contributed by atoms with E-state index in [1.54, 1.807) is 10.8 Å². The van der Waals surface area contributed by atoms with Crippen molar-refractivity contribution in [3.8, 4) is 0 Å². The van der Waals surface area contributed by atoms with Crippen LogP contribution < -0.4 is 10.9 Å². The zero-order valence-electron chi connectivity index (χ0n) is 19.8. The number of aromatic nitrogens is 3. The maximum atomic E-state index is 13.3. The first-order valence-corrected chi connectivity index (χ1v) is 12.1. The van der Waals surface area contributed by atoms with Gasteiger partial charge in [0.15, 0.2) is 5.78 Å². The maximum absolute atomic E-state index is 13.3. The molecule has 6 heteroatoms. The summed E-state index contributed by atoms with van der Waals surface area (Å²) in [5.74, 6) is 1.14. The Hall–Kier alpha value is -2.24. The Bertz CT molecular complexity index is 976. The molecule has 0 saturated heterocycles. The second kappa shape index (κ2) is 10.4. The fourth-order valence-electron chi connectivity index (χ4n) is 4.80. The van der Waals surface area contributed by atoms with E-state index in [9.17, 15) is 9.59 Å². The van der Waals surface area contributed by atoms with Gasteiger partial charge in [-0.15, -0.1) is 0 Å². The highest BCUT2D eigenvalue weighted by atomic mass is 16.1. The topological polar surface area (TPSA) is 76.9 Å². The second-order valence-electron chi connectivity index (χ2n) is 9.29. The fraction of sp³-hybridized carbons (Fsp3) is 0.680. The summed E-state index contributed by atoms with van der Waals surface area (Å²) in [5.41, 5.74) is 1.43. The van der Waals surface area contributed by atoms with Gasteiger partial charge in [-0.05, 0) is 51.0 Å². The quantitative estimate of drug-likeness (QED) is 0.484. The lowest BCUT2D eigenvalue weighted by atomic mass is 9.98. The zero-order valence-corrected chi connectivity index (χ0v) is 19.8. The van der Waals surface area contributed by atoms with E-state index in [1.165, 1.54) is 26.2 Å². The van der Waals surface area contributed by atoms with Gasteiger partial charge in [-0.3, -0.25) is 14.2 Å². The molecule has 2 atom stereocenters. The Kier molecular flexibility index (Phi) is 7.84. The van der Waals surface area contributed by atoms with Crippen LogP contribution in [-0.2, 0) is 0 Å². The molecule has 2 unspecified atom stereocenters. The van der Waals surface area contributed by atoms with E-state index < -0.39 is 0 Å². The summed E-state index contributed by atoms with van der Waals surface area (Å²) >= 11 is 0. The number of Topliss-reactive ketones (excluding diaryl/α,β-unsaturated/α-hetero) is 1. The van der Waals surface area contributed by atoms with Crippen molar-refractivity contribution in [2.45, 2.75) is 104 Å². The van der Waals surface area contributed by atoms with Crippen LogP contribution in [0.2, 0.25) is 0 Å². The maximum Gasteiger partial charge on any atom is 0.263 e. The van der Waals surface area contributed by atoms with Gasteiger partial charge in [0.25, 0.3) is 5.56 Å². The van der Waals surface area contributed by atoms with Gasteiger partial charge < -0.3 is 5.32 Å². The lowest BCUT2D eigenvalue weighted by Gasteiger charge is -2.21. The Balaban J connectivity index is 1.96. The average molecular weight is 427 g/mol. The number of hydrogen-bond acceptors (Lipinski definition) is 5. The molecule has 0 spiro atoms. The summed E-state index contributed by atoms with van der Waals surface area (Å²) < 4.78 is 1.78. The summed E-state index contributed by atoms with van der Waals surface area (Å²) in [4.78, 5) is 35.0. The number of carbonyl (C=O) groups excluding carboxylic acids is 1. The number of nitrogens with zero attached hydrogens (tertiary/aromatic N) is 3. The summed E-state index contributed by atoms with van der Waals surface area (Å²) in [6.07, 6.45) is 11.6. The fourth-order valence-corrected chi connectivity index (χ4v) is 4.80. The van der Waals surface area contributed by atoms with Crippen molar-refractivity contribution in [3.05, 3.63) is 27.7 Å². The molecule has 0 aliphatic heterocycles. The number of carbonyl (C=O) groups is 1. The normalized spacial score (nSPS) is 16.5. The van der Waals surface area contributed by atoms with Gasteiger partial charge in [0.2, 0.25) is 5.95 Å². The summed E-state index contributed by atoms with van der Waals surface area (Å²) in [7, 11) is 0. The third-order valence-corrected chi connectivity index (χ3v) is 7.02. The number of rotatable bonds is 10. The largest absolute Gasteiger partial charge is 0.351 e. The average Bonchev–Trinajstić information content (AvgIpc) is 3.26. The lowest BCUT2D eigenvalue weighted by Crippen LogP contribution is -2.31. The SMILES string of the molecule is CCC(C)CCCC(CC)Nc1ncc2c(C)c(C(C)=O)c(=O)n(C3CCCC3)c2n1. The molecule has 170 valence electrons. The Morgan fingerprint density at radius 3 is 2.55 bits per heavy atom. The number of anilines is 1. The van der Waals surface area contributed by atoms with Gasteiger partial charge in [-0.25, -0.2) is 4.98 Å². The molecule has 2 aromatic heterocycles. The van der Waals surface area contributed by atoms with Crippen LogP contribution in [-0.4, -0.2) is 26.4 Å². The van der Waals surface area contributed by atoms with Crippen molar-refractivity contribution in [2.75, 3.05) is 5.32 Å². The first kappa shape index (κ1) is 23.4. The molecule has 1 saturated carbocycles. The molecule has 1 aliphatic rings. The molecule has 0 radical (unpaired) electrons. The molecule has 0 bridgehead atoms. The van der Waals surface area contributed by atoms with Crippen molar-refractivity contribution in [3.63, 3.8) is 0 Å².